The third-order valence-corrected chi connectivity index (χ3v) is 4.59. The van der Waals surface area contributed by atoms with Crippen LogP contribution in [0.1, 0.15) is 25.0 Å². The van der Waals surface area contributed by atoms with Crippen molar-refractivity contribution in [2.75, 3.05) is 4.90 Å². The van der Waals surface area contributed by atoms with Gasteiger partial charge in [0, 0.05) is 17.7 Å². The van der Waals surface area contributed by atoms with E-state index in [0.29, 0.717) is 0 Å². The first-order valence-corrected chi connectivity index (χ1v) is 7.73. The van der Waals surface area contributed by atoms with Crippen molar-refractivity contribution in [2.45, 2.75) is 19.3 Å². The van der Waals surface area contributed by atoms with Crippen molar-refractivity contribution in [3.63, 3.8) is 0 Å². The molecular weight excluding hydrogens is 284 g/mol. The van der Waals surface area contributed by atoms with Crippen LogP contribution in [0.25, 0.3) is 0 Å². The topological polar surface area (TPSA) is 36.4 Å². The van der Waals surface area contributed by atoms with Crippen LogP contribution in [0, 0.1) is 0 Å². The molecule has 0 bridgehead atoms. The second-order valence-electron chi connectivity index (χ2n) is 6.37. The van der Waals surface area contributed by atoms with Crippen LogP contribution < -0.4 is 4.90 Å². The van der Waals surface area contributed by atoms with Gasteiger partial charge in [-0.2, -0.15) is 0 Å². The Morgan fingerprint density at radius 2 is 1.61 bits per heavy atom. The Labute approximate surface area is 135 Å². The third-order valence-electron chi connectivity index (χ3n) is 4.59. The number of phenolic OH excluding ortho intramolecular Hbond substituents is 1. The maximum absolute atomic E-state index is 10.0. The third kappa shape index (κ3) is 2.00. The Balaban J connectivity index is 2.06. The molecule has 2 heterocycles. The predicted molar refractivity (Wildman–Crippen MR) is 92.7 cm³/mol. The Morgan fingerprint density at radius 1 is 0.870 bits per heavy atom. The van der Waals surface area contributed by atoms with Gasteiger partial charge in [0.15, 0.2) is 0 Å². The fourth-order valence-electron chi connectivity index (χ4n) is 3.44. The average Bonchev–Trinajstić information content (AvgIpc) is 2.56. The SMILES string of the molecule is CC1(C)c2ccccc2N(c2ccccn2)c2cc(O)ccc21. The van der Waals surface area contributed by atoms with E-state index in [1.165, 1.54) is 11.1 Å². The molecule has 0 saturated heterocycles. The maximum Gasteiger partial charge on any atom is 0.137 e. The standard InChI is InChI=1S/C20H18N2O/c1-20(2)15-7-3-4-8-17(15)22(19-9-5-6-12-21-19)18-13-14(23)10-11-16(18)20/h3-13,23H,1-2H3. The number of benzene rings is 2. The van der Waals surface area contributed by atoms with Crippen molar-refractivity contribution in [1.29, 1.82) is 0 Å². The van der Waals surface area contributed by atoms with Crippen LogP contribution in [0.4, 0.5) is 17.2 Å². The molecule has 0 spiro atoms. The predicted octanol–water partition coefficient (Wildman–Crippen LogP) is 4.90. The number of nitrogens with zero attached hydrogens (tertiary/aromatic N) is 2. The zero-order chi connectivity index (χ0) is 16.0. The summed E-state index contributed by atoms with van der Waals surface area (Å²) < 4.78 is 0. The molecular formula is C20H18N2O. The number of hydrogen-bond acceptors (Lipinski definition) is 3. The van der Waals surface area contributed by atoms with Crippen LogP contribution in [0.2, 0.25) is 0 Å². The molecule has 0 aliphatic carbocycles. The van der Waals surface area contributed by atoms with Gasteiger partial charge >= 0.3 is 0 Å². The van der Waals surface area contributed by atoms with Gasteiger partial charge in [-0.15, -0.1) is 0 Å². The number of pyridine rings is 1. The molecule has 0 radical (unpaired) electrons. The summed E-state index contributed by atoms with van der Waals surface area (Å²) in [6.45, 7) is 4.44. The summed E-state index contributed by atoms with van der Waals surface area (Å²) in [7, 11) is 0. The van der Waals surface area contributed by atoms with Gasteiger partial charge in [0.25, 0.3) is 0 Å². The zero-order valence-corrected chi connectivity index (χ0v) is 13.2. The van der Waals surface area contributed by atoms with Crippen molar-refractivity contribution in [1.82, 2.24) is 4.98 Å². The molecule has 4 rings (SSSR count). The zero-order valence-electron chi connectivity index (χ0n) is 13.2. The molecule has 1 N–H and O–H groups in total. The molecule has 0 amide bonds. The number of aromatic nitrogens is 1. The fraction of sp³-hybridized carbons (Fsp3) is 0.150. The molecule has 1 aromatic heterocycles. The van der Waals surface area contributed by atoms with Gasteiger partial charge in [0.1, 0.15) is 11.6 Å². The molecule has 1 aliphatic rings. The second kappa shape index (κ2) is 4.85. The van der Waals surface area contributed by atoms with Crippen molar-refractivity contribution in [3.8, 4) is 5.75 Å². The number of hydrogen-bond donors (Lipinski definition) is 1. The minimum atomic E-state index is -0.134. The lowest BCUT2D eigenvalue weighted by Crippen LogP contribution is -2.30. The summed E-state index contributed by atoms with van der Waals surface area (Å²) in [5, 5.41) is 10.0. The van der Waals surface area contributed by atoms with E-state index < -0.39 is 0 Å². The maximum atomic E-state index is 10.0. The average molecular weight is 302 g/mol. The molecule has 0 saturated carbocycles. The quantitative estimate of drug-likeness (QED) is 0.695. The van der Waals surface area contributed by atoms with E-state index in [0.717, 1.165) is 17.2 Å². The number of para-hydroxylation sites is 1. The molecule has 3 nitrogen and oxygen atoms in total. The van der Waals surface area contributed by atoms with Crippen molar-refractivity contribution < 1.29 is 5.11 Å². The van der Waals surface area contributed by atoms with Crippen LogP contribution in [0.3, 0.4) is 0 Å². The fourth-order valence-corrected chi connectivity index (χ4v) is 3.44. The van der Waals surface area contributed by atoms with Crippen LogP contribution in [-0.2, 0) is 5.41 Å². The lowest BCUT2D eigenvalue weighted by atomic mass is 9.73. The van der Waals surface area contributed by atoms with E-state index >= 15 is 0 Å². The largest absolute Gasteiger partial charge is 0.508 e. The summed E-state index contributed by atoms with van der Waals surface area (Å²) in [4.78, 5) is 6.64. The molecule has 0 unspecified atom stereocenters. The summed E-state index contributed by atoms with van der Waals surface area (Å²) in [6, 6.07) is 19.9. The molecule has 3 heteroatoms. The van der Waals surface area contributed by atoms with Gasteiger partial charge in [-0.1, -0.05) is 44.2 Å². The number of aromatic hydroxyl groups is 1. The van der Waals surface area contributed by atoms with Gasteiger partial charge in [0.2, 0.25) is 0 Å². The van der Waals surface area contributed by atoms with Crippen LogP contribution in [-0.4, -0.2) is 10.1 Å². The van der Waals surface area contributed by atoms with E-state index in [9.17, 15) is 5.11 Å². The molecule has 0 atom stereocenters. The molecule has 23 heavy (non-hydrogen) atoms. The first-order valence-electron chi connectivity index (χ1n) is 7.73. The smallest absolute Gasteiger partial charge is 0.137 e. The Kier molecular flexibility index (Phi) is 2.91. The van der Waals surface area contributed by atoms with Crippen LogP contribution >= 0.6 is 0 Å². The number of fused-ring (bicyclic) bond motifs is 2. The summed E-state index contributed by atoms with van der Waals surface area (Å²) in [5.74, 6) is 1.11. The summed E-state index contributed by atoms with van der Waals surface area (Å²) >= 11 is 0. The molecule has 3 aromatic rings. The van der Waals surface area contributed by atoms with Gasteiger partial charge < -0.3 is 5.11 Å². The van der Waals surface area contributed by atoms with E-state index in [1.54, 1.807) is 12.3 Å². The van der Waals surface area contributed by atoms with Gasteiger partial charge in [0.05, 0.1) is 11.4 Å². The molecule has 114 valence electrons. The highest BCUT2D eigenvalue weighted by atomic mass is 16.3. The summed E-state index contributed by atoms with van der Waals surface area (Å²) in [5.41, 5.74) is 4.38. The molecule has 0 fully saturated rings. The second-order valence-corrected chi connectivity index (χ2v) is 6.37. The Bertz CT molecular complexity index is 872. The first kappa shape index (κ1) is 13.8. The van der Waals surface area contributed by atoms with Crippen molar-refractivity contribution in [3.05, 3.63) is 78.0 Å². The van der Waals surface area contributed by atoms with Crippen LogP contribution in [0.5, 0.6) is 5.75 Å². The highest BCUT2D eigenvalue weighted by molar-refractivity contribution is 5.85. The lowest BCUT2D eigenvalue weighted by molar-refractivity contribution is 0.474. The molecule has 1 aliphatic heterocycles. The molecule has 2 aromatic carbocycles. The van der Waals surface area contributed by atoms with E-state index in [-0.39, 0.29) is 11.2 Å². The van der Waals surface area contributed by atoms with E-state index in [1.807, 2.05) is 36.4 Å². The number of anilines is 3. The Hall–Kier alpha value is -2.81. The minimum Gasteiger partial charge on any atom is -0.508 e. The first-order chi connectivity index (χ1) is 11.1. The Morgan fingerprint density at radius 3 is 2.39 bits per heavy atom. The highest BCUT2D eigenvalue weighted by Crippen LogP contribution is 2.51. The lowest BCUT2D eigenvalue weighted by Gasteiger charge is -2.41. The number of phenols is 1. The van der Waals surface area contributed by atoms with Crippen LogP contribution in [0.15, 0.2) is 66.9 Å². The van der Waals surface area contributed by atoms with Gasteiger partial charge in [-0.05, 0) is 35.4 Å². The van der Waals surface area contributed by atoms with Crippen molar-refractivity contribution in [2.24, 2.45) is 0 Å². The monoisotopic (exact) mass is 302 g/mol. The van der Waals surface area contributed by atoms with Crippen molar-refractivity contribution >= 4 is 17.2 Å². The van der Waals surface area contributed by atoms with Gasteiger partial charge in [-0.25, -0.2) is 4.98 Å². The number of rotatable bonds is 1. The van der Waals surface area contributed by atoms with E-state index in [2.05, 4.69) is 41.9 Å². The van der Waals surface area contributed by atoms with Gasteiger partial charge in [-0.3, -0.25) is 4.90 Å². The highest BCUT2D eigenvalue weighted by Gasteiger charge is 2.37. The van der Waals surface area contributed by atoms with E-state index in [4.69, 9.17) is 0 Å². The normalized spacial score (nSPS) is 15.0. The minimum absolute atomic E-state index is 0.134. The summed E-state index contributed by atoms with van der Waals surface area (Å²) in [6.07, 6.45) is 1.79.